The molecule has 0 unspecified atom stereocenters. The van der Waals surface area contributed by atoms with Crippen molar-refractivity contribution in [3.05, 3.63) is 64.5 Å². The van der Waals surface area contributed by atoms with E-state index in [1.807, 2.05) is 50.2 Å². The first-order valence-corrected chi connectivity index (χ1v) is 9.80. The first-order valence-electron chi connectivity index (χ1n) is 8.98. The van der Waals surface area contributed by atoms with Crippen LogP contribution in [-0.4, -0.2) is 23.8 Å². The number of ketones is 1. The molecular weight excluding hydrogens is 372 g/mol. The third-order valence-corrected chi connectivity index (χ3v) is 5.27. The van der Waals surface area contributed by atoms with Crippen LogP contribution in [0.4, 0.5) is 5.13 Å². The number of anilines is 1. The Bertz CT molecular complexity index is 996. The third kappa shape index (κ3) is 4.64. The molecule has 0 radical (unpaired) electrons. The Kier molecular flexibility index (Phi) is 6.21. The number of hydrogen-bond donors (Lipinski definition) is 1. The molecule has 0 bridgehead atoms. The van der Waals surface area contributed by atoms with Crippen LogP contribution in [0.1, 0.15) is 33.6 Å². The van der Waals surface area contributed by atoms with E-state index < -0.39 is 0 Å². The predicted molar refractivity (Wildman–Crippen MR) is 112 cm³/mol. The summed E-state index contributed by atoms with van der Waals surface area (Å²) in [7, 11) is 1.65. The number of carbonyl (C=O) groups is 2. The molecule has 0 saturated heterocycles. The van der Waals surface area contributed by atoms with Crippen molar-refractivity contribution in [1.29, 1.82) is 0 Å². The van der Waals surface area contributed by atoms with Crippen LogP contribution in [0.5, 0.6) is 5.75 Å². The van der Waals surface area contributed by atoms with Gasteiger partial charge < -0.3 is 10.1 Å². The van der Waals surface area contributed by atoms with Gasteiger partial charge >= 0.3 is 0 Å². The number of aryl methyl sites for hydroxylation is 2. The highest BCUT2D eigenvalue weighted by Crippen LogP contribution is 2.32. The number of thiazole rings is 1. The van der Waals surface area contributed by atoms with Gasteiger partial charge in [0.05, 0.1) is 12.8 Å². The lowest BCUT2D eigenvalue weighted by atomic mass is 10.1. The fourth-order valence-electron chi connectivity index (χ4n) is 2.92. The molecule has 0 aliphatic carbocycles. The maximum absolute atomic E-state index is 12.2. The molecule has 0 aliphatic rings. The molecule has 1 N–H and O–H groups in total. The van der Waals surface area contributed by atoms with Crippen molar-refractivity contribution in [3.63, 3.8) is 0 Å². The molecule has 2 aromatic carbocycles. The number of carbonyl (C=O) groups excluding carboxylic acids is 2. The number of Topliss-reactive ketones (excluding diaryl/α,β-unsaturated/α-hetero) is 1. The standard InChI is InChI=1S/C22H22N2O3S/c1-14-13-17(9-11-19(14)27-3)21-15(2)28-22(24-21)23-20(26)12-10-18(25)16-7-5-4-6-8-16/h4-9,11,13H,10,12H2,1-3H3,(H,23,24,26). The number of rotatable bonds is 7. The molecular formula is C22H22N2O3S. The number of nitrogens with zero attached hydrogens (tertiary/aromatic N) is 1. The van der Waals surface area contributed by atoms with E-state index in [1.54, 1.807) is 19.2 Å². The summed E-state index contributed by atoms with van der Waals surface area (Å²) in [5, 5.41) is 3.35. The SMILES string of the molecule is COc1ccc(-c2nc(NC(=O)CCC(=O)c3ccccc3)sc2C)cc1C. The van der Waals surface area contributed by atoms with Crippen molar-refractivity contribution < 1.29 is 14.3 Å². The molecule has 1 heterocycles. The zero-order valence-electron chi connectivity index (χ0n) is 16.1. The zero-order valence-corrected chi connectivity index (χ0v) is 16.9. The number of methoxy groups -OCH3 is 1. The van der Waals surface area contributed by atoms with Gasteiger partial charge in [-0.2, -0.15) is 0 Å². The molecule has 0 atom stereocenters. The number of aromatic nitrogens is 1. The Morgan fingerprint density at radius 3 is 2.50 bits per heavy atom. The number of nitrogens with one attached hydrogen (secondary N) is 1. The molecule has 3 aromatic rings. The quantitative estimate of drug-likeness (QED) is 0.570. The lowest BCUT2D eigenvalue weighted by Crippen LogP contribution is -2.13. The first kappa shape index (κ1) is 19.8. The second-order valence-corrected chi connectivity index (χ2v) is 7.65. The number of benzene rings is 2. The summed E-state index contributed by atoms with van der Waals surface area (Å²) in [6.07, 6.45) is 0.300. The smallest absolute Gasteiger partial charge is 0.226 e. The van der Waals surface area contributed by atoms with Gasteiger partial charge in [0.15, 0.2) is 10.9 Å². The Hall–Kier alpha value is -2.99. The van der Waals surface area contributed by atoms with Crippen LogP contribution in [0.25, 0.3) is 11.3 Å². The van der Waals surface area contributed by atoms with Crippen LogP contribution >= 0.6 is 11.3 Å². The van der Waals surface area contributed by atoms with Gasteiger partial charge in [0, 0.05) is 28.8 Å². The Balaban J connectivity index is 1.64. The van der Waals surface area contributed by atoms with Crippen molar-refractivity contribution in [3.8, 4) is 17.0 Å². The lowest BCUT2D eigenvalue weighted by Gasteiger charge is -2.06. The van der Waals surface area contributed by atoms with Gasteiger partial charge in [0.1, 0.15) is 5.75 Å². The third-order valence-electron chi connectivity index (χ3n) is 4.39. The molecule has 1 amide bonds. The Labute approximate surface area is 168 Å². The predicted octanol–water partition coefficient (Wildman–Crippen LogP) is 5.04. The fraction of sp³-hybridized carbons (Fsp3) is 0.227. The van der Waals surface area contributed by atoms with Crippen molar-refractivity contribution in [2.75, 3.05) is 12.4 Å². The van der Waals surface area contributed by atoms with E-state index >= 15 is 0 Å². The van der Waals surface area contributed by atoms with Gasteiger partial charge in [0.25, 0.3) is 0 Å². The average molecular weight is 394 g/mol. The van der Waals surface area contributed by atoms with Crippen molar-refractivity contribution in [2.45, 2.75) is 26.7 Å². The minimum absolute atomic E-state index is 0.0412. The molecule has 144 valence electrons. The molecule has 3 rings (SSSR count). The van der Waals surface area contributed by atoms with Gasteiger partial charge in [-0.15, -0.1) is 11.3 Å². The van der Waals surface area contributed by atoms with Crippen molar-refractivity contribution in [2.24, 2.45) is 0 Å². The Morgan fingerprint density at radius 1 is 1.07 bits per heavy atom. The second kappa shape index (κ2) is 8.80. The normalized spacial score (nSPS) is 10.5. The maximum Gasteiger partial charge on any atom is 0.226 e. The summed E-state index contributed by atoms with van der Waals surface area (Å²) in [5.74, 6) is 0.573. The van der Waals surface area contributed by atoms with Crippen LogP contribution < -0.4 is 10.1 Å². The van der Waals surface area contributed by atoms with E-state index in [0.29, 0.717) is 10.7 Å². The van der Waals surface area contributed by atoms with E-state index in [-0.39, 0.29) is 24.5 Å². The topological polar surface area (TPSA) is 68.3 Å². The lowest BCUT2D eigenvalue weighted by molar-refractivity contribution is -0.116. The van der Waals surface area contributed by atoms with Crippen LogP contribution in [0.15, 0.2) is 48.5 Å². The van der Waals surface area contributed by atoms with Crippen LogP contribution in [0.2, 0.25) is 0 Å². The summed E-state index contributed by atoms with van der Waals surface area (Å²) in [6.45, 7) is 3.96. The van der Waals surface area contributed by atoms with E-state index in [4.69, 9.17) is 4.74 Å². The van der Waals surface area contributed by atoms with E-state index in [9.17, 15) is 9.59 Å². The summed E-state index contributed by atoms with van der Waals surface area (Å²) in [5.41, 5.74) is 3.47. The highest BCUT2D eigenvalue weighted by molar-refractivity contribution is 7.16. The molecule has 0 saturated carbocycles. The van der Waals surface area contributed by atoms with Gasteiger partial charge in [-0.3, -0.25) is 9.59 Å². The van der Waals surface area contributed by atoms with E-state index in [2.05, 4.69) is 10.3 Å². The molecule has 6 heteroatoms. The Morgan fingerprint density at radius 2 is 1.82 bits per heavy atom. The maximum atomic E-state index is 12.2. The van der Waals surface area contributed by atoms with Gasteiger partial charge in [0.2, 0.25) is 5.91 Å². The van der Waals surface area contributed by atoms with E-state index in [0.717, 1.165) is 27.4 Å². The summed E-state index contributed by atoms with van der Waals surface area (Å²) >= 11 is 1.42. The number of amides is 1. The first-order chi connectivity index (χ1) is 13.5. The monoisotopic (exact) mass is 394 g/mol. The van der Waals surface area contributed by atoms with Gasteiger partial charge in [-0.25, -0.2) is 4.98 Å². The zero-order chi connectivity index (χ0) is 20.1. The molecule has 28 heavy (non-hydrogen) atoms. The van der Waals surface area contributed by atoms with Crippen LogP contribution in [0, 0.1) is 13.8 Å². The van der Waals surface area contributed by atoms with Crippen molar-refractivity contribution >= 4 is 28.2 Å². The number of hydrogen-bond acceptors (Lipinski definition) is 5. The summed E-state index contributed by atoms with van der Waals surface area (Å²) < 4.78 is 5.30. The van der Waals surface area contributed by atoms with Crippen LogP contribution in [-0.2, 0) is 4.79 Å². The largest absolute Gasteiger partial charge is 0.496 e. The summed E-state index contributed by atoms with van der Waals surface area (Å²) in [4.78, 5) is 29.9. The van der Waals surface area contributed by atoms with Crippen LogP contribution in [0.3, 0.4) is 0 Å². The summed E-state index contributed by atoms with van der Waals surface area (Å²) in [6, 6.07) is 14.9. The molecule has 0 spiro atoms. The van der Waals surface area contributed by atoms with Crippen molar-refractivity contribution in [1.82, 2.24) is 4.98 Å². The second-order valence-electron chi connectivity index (χ2n) is 6.45. The molecule has 1 aromatic heterocycles. The minimum Gasteiger partial charge on any atom is -0.496 e. The number of ether oxygens (including phenoxy) is 1. The highest BCUT2D eigenvalue weighted by Gasteiger charge is 2.14. The van der Waals surface area contributed by atoms with Gasteiger partial charge in [-0.05, 0) is 37.6 Å². The average Bonchev–Trinajstić information content (AvgIpc) is 3.06. The molecule has 5 nitrogen and oxygen atoms in total. The molecule has 0 aliphatic heterocycles. The molecule has 0 fully saturated rings. The fourth-order valence-corrected chi connectivity index (χ4v) is 3.77. The minimum atomic E-state index is -0.213. The van der Waals surface area contributed by atoms with Gasteiger partial charge in [-0.1, -0.05) is 30.3 Å². The van der Waals surface area contributed by atoms with E-state index in [1.165, 1.54) is 11.3 Å². The highest BCUT2D eigenvalue weighted by atomic mass is 32.1.